The van der Waals surface area contributed by atoms with Crippen LogP contribution in [-0.4, -0.2) is 0 Å². The molecule has 0 radical (unpaired) electrons. The van der Waals surface area contributed by atoms with E-state index < -0.39 is 0 Å². The predicted molar refractivity (Wildman–Crippen MR) is 227 cm³/mol. The lowest BCUT2D eigenvalue weighted by atomic mass is 10.0. The van der Waals surface area contributed by atoms with E-state index in [1.54, 1.807) is 0 Å². The molecule has 0 saturated heterocycles. The standard InChI is InChI=1S/C50H31NOS/c1-2-11-34(12-3-1)40-16-8-17-43-42-29-27-39(31-47(42)52-48(40)43)51(38-25-22-33(23-26-38)37-21-20-32-10-4-5-14-36(32)30-37)46-19-9-18-44-45-28-24-35-13-6-7-15-41(35)49(45)53-50(44)46/h1-31H. The highest BCUT2D eigenvalue weighted by atomic mass is 32.1. The van der Waals surface area contributed by atoms with Crippen LogP contribution in [0.15, 0.2) is 192 Å². The second-order valence-corrected chi connectivity index (χ2v) is 14.7. The van der Waals surface area contributed by atoms with E-state index in [-0.39, 0.29) is 0 Å². The predicted octanol–water partition coefficient (Wildman–Crippen LogP) is 15.1. The van der Waals surface area contributed by atoms with Gasteiger partial charge in [-0.2, -0.15) is 0 Å². The first-order chi connectivity index (χ1) is 26.3. The molecular weight excluding hydrogens is 663 g/mol. The summed E-state index contributed by atoms with van der Waals surface area (Å²) in [7, 11) is 0. The van der Waals surface area contributed by atoms with Crippen molar-refractivity contribution in [1.29, 1.82) is 0 Å². The Morgan fingerprint density at radius 3 is 1.92 bits per heavy atom. The lowest BCUT2D eigenvalue weighted by molar-refractivity contribution is 0.670. The molecule has 0 saturated carbocycles. The van der Waals surface area contributed by atoms with Gasteiger partial charge in [0.1, 0.15) is 11.2 Å². The van der Waals surface area contributed by atoms with Crippen molar-refractivity contribution in [2.45, 2.75) is 0 Å². The quantitative estimate of drug-likeness (QED) is 0.178. The van der Waals surface area contributed by atoms with Crippen LogP contribution in [0.3, 0.4) is 0 Å². The fourth-order valence-electron chi connectivity index (χ4n) is 8.06. The third-order valence-corrected chi connectivity index (χ3v) is 11.9. The summed E-state index contributed by atoms with van der Waals surface area (Å²) >= 11 is 1.88. The molecule has 2 nitrogen and oxygen atoms in total. The van der Waals surface area contributed by atoms with Crippen molar-refractivity contribution in [3.8, 4) is 22.3 Å². The van der Waals surface area contributed by atoms with Gasteiger partial charge in [0.05, 0.1) is 10.4 Å². The lowest BCUT2D eigenvalue weighted by Crippen LogP contribution is -2.10. The van der Waals surface area contributed by atoms with Crippen molar-refractivity contribution in [1.82, 2.24) is 0 Å². The Kier molecular flexibility index (Phi) is 6.76. The molecule has 53 heavy (non-hydrogen) atoms. The van der Waals surface area contributed by atoms with Gasteiger partial charge in [-0.3, -0.25) is 0 Å². The monoisotopic (exact) mass is 693 g/mol. The van der Waals surface area contributed by atoms with Crippen molar-refractivity contribution < 1.29 is 4.42 Å². The highest BCUT2D eigenvalue weighted by Gasteiger charge is 2.21. The molecule has 0 bridgehead atoms. The van der Waals surface area contributed by atoms with Crippen LogP contribution in [0, 0.1) is 0 Å². The van der Waals surface area contributed by atoms with Crippen LogP contribution in [0.1, 0.15) is 0 Å². The molecule has 2 aromatic heterocycles. The van der Waals surface area contributed by atoms with E-state index in [9.17, 15) is 0 Å². The number of nitrogens with zero attached hydrogens (tertiary/aromatic N) is 1. The van der Waals surface area contributed by atoms with E-state index in [2.05, 4.69) is 193 Å². The van der Waals surface area contributed by atoms with Gasteiger partial charge in [0.2, 0.25) is 0 Å². The maximum absolute atomic E-state index is 6.77. The molecule has 248 valence electrons. The van der Waals surface area contributed by atoms with E-state index in [0.717, 1.165) is 50.1 Å². The largest absolute Gasteiger partial charge is 0.455 e. The smallest absolute Gasteiger partial charge is 0.143 e. The Labute approximate surface area is 310 Å². The summed E-state index contributed by atoms with van der Waals surface area (Å²) in [5.74, 6) is 0. The van der Waals surface area contributed by atoms with Crippen molar-refractivity contribution in [3.05, 3.63) is 188 Å². The van der Waals surface area contributed by atoms with Gasteiger partial charge < -0.3 is 9.32 Å². The number of fused-ring (bicyclic) bond motifs is 9. The minimum atomic E-state index is 0.869. The molecule has 11 rings (SSSR count). The number of furan rings is 1. The normalized spacial score (nSPS) is 11.8. The Morgan fingerprint density at radius 1 is 0.377 bits per heavy atom. The lowest BCUT2D eigenvalue weighted by Gasteiger charge is -2.26. The second-order valence-electron chi connectivity index (χ2n) is 13.7. The molecule has 0 amide bonds. The summed E-state index contributed by atoms with van der Waals surface area (Å²) in [6, 6.07) is 67.8. The minimum absolute atomic E-state index is 0.869. The molecule has 0 fully saturated rings. The van der Waals surface area contributed by atoms with E-state index in [1.165, 1.54) is 52.8 Å². The van der Waals surface area contributed by atoms with E-state index in [0.29, 0.717) is 0 Å². The van der Waals surface area contributed by atoms with Crippen molar-refractivity contribution in [2.75, 3.05) is 4.90 Å². The van der Waals surface area contributed by atoms with Crippen molar-refractivity contribution in [3.63, 3.8) is 0 Å². The number of para-hydroxylation sites is 1. The summed E-state index contributed by atoms with van der Waals surface area (Å²) < 4.78 is 9.35. The Morgan fingerprint density at radius 2 is 1.04 bits per heavy atom. The van der Waals surface area contributed by atoms with Crippen LogP contribution >= 0.6 is 11.3 Å². The second kappa shape index (κ2) is 11.9. The summed E-state index contributed by atoms with van der Waals surface area (Å²) in [6.07, 6.45) is 0. The van der Waals surface area contributed by atoms with Crippen molar-refractivity contribution >= 4 is 92.1 Å². The molecule has 0 aliphatic rings. The number of hydrogen-bond acceptors (Lipinski definition) is 3. The Hall–Kier alpha value is -6.68. The summed E-state index contributed by atoms with van der Waals surface area (Å²) in [5, 5.41) is 9.84. The zero-order valence-corrected chi connectivity index (χ0v) is 29.5. The third-order valence-electron chi connectivity index (χ3n) is 10.6. The molecule has 3 heteroatoms. The van der Waals surface area contributed by atoms with Crippen LogP contribution in [0.2, 0.25) is 0 Å². The van der Waals surface area contributed by atoms with Gasteiger partial charge in [-0.05, 0) is 74.6 Å². The van der Waals surface area contributed by atoms with Gasteiger partial charge in [0.25, 0.3) is 0 Å². The van der Waals surface area contributed by atoms with Crippen molar-refractivity contribution in [2.24, 2.45) is 0 Å². The van der Waals surface area contributed by atoms with Crippen LogP contribution < -0.4 is 4.90 Å². The Bertz CT molecular complexity index is 3170. The number of anilines is 3. The number of thiophene rings is 1. The first-order valence-corrected chi connectivity index (χ1v) is 18.8. The number of benzene rings is 9. The molecular formula is C50H31NOS. The first kappa shape index (κ1) is 30.0. The van der Waals surface area contributed by atoms with E-state index >= 15 is 0 Å². The highest BCUT2D eigenvalue weighted by molar-refractivity contribution is 7.27. The summed E-state index contributed by atoms with van der Waals surface area (Å²) in [4.78, 5) is 2.40. The number of rotatable bonds is 5. The average molecular weight is 694 g/mol. The zero-order valence-electron chi connectivity index (χ0n) is 28.7. The summed E-state index contributed by atoms with van der Waals surface area (Å²) in [6.45, 7) is 0. The Balaban J connectivity index is 1.11. The third kappa shape index (κ3) is 4.86. The molecule has 0 spiro atoms. The fraction of sp³-hybridized carbons (Fsp3) is 0. The van der Waals surface area contributed by atoms with Gasteiger partial charge in [0, 0.05) is 49.2 Å². The summed E-state index contributed by atoms with van der Waals surface area (Å²) in [5.41, 5.74) is 9.70. The van der Waals surface area contributed by atoms with Crippen LogP contribution in [0.5, 0.6) is 0 Å². The molecule has 11 aromatic rings. The van der Waals surface area contributed by atoms with Crippen LogP contribution in [0.4, 0.5) is 17.1 Å². The molecule has 0 N–H and O–H groups in total. The SMILES string of the molecule is c1ccc(-c2cccc3c2oc2cc(N(c4ccc(-c5ccc6ccccc6c5)cc4)c4cccc5c4sc4c6ccccc6ccc54)ccc23)cc1. The minimum Gasteiger partial charge on any atom is -0.455 e. The fourth-order valence-corrected chi connectivity index (χ4v) is 9.40. The molecule has 0 unspecified atom stereocenters. The topological polar surface area (TPSA) is 16.4 Å². The van der Waals surface area contributed by atoms with Gasteiger partial charge in [-0.15, -0.1) is 11.3 Å². The van der Waals surface area contributed by atoms with Crippen LogP contribution in [-0.2, 0) is 0 Å². The van der Waals surface area contributed by atoms with Gasteiger partial charge >= 0.3 is 0 Å². The maximum Gasteiger partial charge on any atom is 0.143 e. The molecule has 0 aliphatic carbocycles. The van der Waals surface area contributed by atoms with Gasteiger partial charge in [-0.1, -0.05) is 146 Å². The molecule has 0 aliphatic heterocycles. The van der Waals surface area contributed by atoms with E-state index in [1.807, 2.05) is 11.3 Å². The molecule has 2 heterocycles. The maximum atomic E-state index is 6.77. The molecule has 0 atom stereocenters. The van der Waals surface area contributed by atoms with E-state index in [4.69, 9.17) is 4.42 Å². The van der Waals surface area contributed by atoms with Gasteiger partial charge in [0.15, 0.2) is 0 Å². The zero-order chi connectivity index (χ0) is 34.9. The average Bonchev–Trinajstić information content (AvgIpc) is 3.80. The highest BCUT2D eigenvalue weighted by Crippen LogP contribution is 2.47. The van der Waals surface area contributed by atoms with Gasteiger partial charge in [-0.25, -0.2) is 0 Å². The first-order valence-electron chi connectivity index (χ1n) is 18.0. The number of hydrogen-bond donors (Lipinski definition) is 0. The van der Waals surface area contributed by atoms with Crippen LogP contribution in [0.25, 0.3) is 85.9 Å². The molecule has 9 aromatic carbocycles.